The zero-order valence-corrected chi connectivity index (χ0v) is 22.3. The number of carbonyl (C=O) groups excluding carboxylic acids is 2. The van der Waals surface area contributed by atoms with Crippen molar-refractivity contribution < 1.29 is 24.2 Å². The standard InChI is InChI=1S/C28H29ClN4O5/c1-15-11-21(16(2)30-20-9-10-23(29)32-25(20)27(35)36)31-22(12-15)24-19(14-38-28(24)37)13-17-5-7-18(8-6-17)26(34)33(3)4/h5-12,16,19,24,30H,13-14H2,1-4H3,(H,35,36)/t16-,19?,24+/m1/s1. The predicted octanol–water partition coefficient (Wildman–Crippen LogP) is 4.51. The first-order chi connectivity index (χ1) is 18.0. The van der Waals surface area contributed by atoms with Gasteiger partial charge in [0.1, 0.15) is 11.1 Å². The highest BCUT2D eigenvalue weighted by Gasteiger charge is 2.39. The number of halogens is 1. The van der Waals surface area contributed by atoms with Crippen molar-refractivity contribution in [2.45, 2.75) is 32.2 Å². The van der Waals surface area contributed by atoms with Crippen molar-refractivity contribution in [2.75, 3.05) is 26.0 Å². The number of nitrogens with one attached hydrogen (secondary N) is 1. The fourth-order valence-electron chi connectivity index (χ4n) is 4.58. The van der Waals surface area contributed by atoms with E-state index in [0.717, 1.165) is 11.1 Å². The predicted molar refractivity (Wildman–Crippen MR) is 143 cm³/mol. The number of hydrogen-bond donors (Lipinski definition) is 2. The Morgan fingerprint density at radius 2 is 1.87 bits per heavy atom. The number of benzene rings is 1. The highest BCUT2D eigenvalue weighted by atomic mass is 35.5. The number of amides is 1. The molecule has 1 aliphatic rings. The molecule has 38 heavy (non-hydrogen) atoms. The molecule has 198 valence electrons. The van der Waals surface area contributed by atoms with Crippen molar-refractivity contribution in [3.63, 3.8) is 0 Å². The third-order valence-corrected chi connectivity index (χ3v) is 6.69. The zero-order chi connectivity index (χ0) is 27.6. The molecule has 9 nitrogen and oxygen atoms in total. The second kappa shape index (κ2) is 11.2. The van der Waals surface area contributed by atoms with Crippen molar-refractivity contribution >= 4 is 35.1 Å². The van der Waals surface area contributed by atoms with Crippen LogP contribution in [0.2, 0.25) is 5.15 Å². The lowest BCUT2D eigenvalue weighted by molar-refractivity contribution is -0.139. The zero-order valence-electron chi connectivity index (χ0n) is 21.6. The van der Waals surface area contributed by atoms with E-state index in [4.69, 9.17) is 21.3 Å². The summed E-state index contributed by atoms with van der Waals surface area (Å²) < 4.78 is 5.45. The molecule has 3 aromatic rings. The van der Waals surface area contributed by atoms with Crippen molar-refractivity contribution in [2.24, 2.45) is 5.92 Å². The van der Waals surface area contributed by atoms with Crippen LogP contribution in [0.5, 0.6) is 0 Å². The third-order valence-electron chi connectivity index (χ3n) is 6.48. The molecule has 0 spiro atoms. The summed E-state index contributed by atoms with van der Waals surface area (Å²) in [5, 5.41) is 12.7. The number of hydrogen-bond acceptors (Lipinski definition) is 7. The third kappa shape index (κ3) is 5.94. The summed E-state index contributed by atoms with van der Waals surface area (Å²) in [6.07, 6.45) is 0.587. The molecule has 1 aromatic carbocycles. The number of aromatic nitrogens is 2. The lowest BCUT2D eigenvalue weighted by atomic mass is 9.86. The number of pyridine rings is 2. The molecular weight excluding hydrogens is 508 g/mol. The van der Waals surface area contributed by atoms with Gasteiger partial charge in [-0.15, -0.1) is 0 Å². The van der Waals surface area contributed by atoms with Crippen LogP contribution < -0.4 is 5.32 Å². The van der Waals surface area contributed by atoms with E-state index in [1.807, 2.05) is 38.1 Å². The van der Waals surface area contributed by atoms with E-state index in [1.54, 1.807) is 32.3 Å². The Labute approximate surface area is 225 Å². The molecular formula is C28H29ClN4O5. The van der Waals surface area contributed by atoms with Crippen LogP contribution in [0.3, 0.4) is 0 Å². The molecule has 4 rings (SSSR count). The summed E-state index contributed by atoms with van der Waals surface area (Å²) >= 11 is 5.87. The molecule has 1 fully saturated rings. The second-order valence-corrected chi connectivity index (χ2v) is 10.1. The van der Waals surface area contributed by atoms with Gasteiger partial charge in [0.15, 0.2) is 5.69 Å². The Morgan fingerprint density at radius 3 is 2.53 bits per heavy atom. The van der Waals surface area contributed by atoms with Crippen molar-refractivity contribution in [1.29, 1.82) is 0 Å². The lowest BCUT2D eigenvalue weighted by Gasteiger charge is -2.20. The number of aryl methyl sites for hydroxylation is 1. The summed E-state index contributed by atoms with van der Waals surface area (Å²) in [5.41, 5.74) is 3.89. The Kier molecular flexibility index (Phi) is 7.97. The summed E-state index contributed by atoms with van der Waals surface area (Å²) in [5.74, 6) is -2.26. The van der Waals surface area contributed by atoms with Crippen LogP contribution in [0, 0.1) is 12.8 Å². The fourth-order valence-corrected chi connectivity index (χ4v) is 4.72. The Hall–Kier alpha value is -3.98. The van der Waals surface area contributed by atoms with E-state index in [9.17, 15) is 19.5 Å². The maximum atomic E-state index is 12.8. The van der Waals surface area contributed by atoms with E-state index >= 15 is 0 Å². The van der Waals surface area contributed by atoms with Crippen LogP contribution in [0.1, 0.15) is 62.2 Å². The number of aromatic carboxylic acids is 1. The van der Waals surface area contributed by atoms with Gasteiger partial charge < -0.3 is 20.1 Å². The maximum Gasteiger partial charge on any atom is 0.356 e. The highest BCUT2D eigenvalue weighted by molar-refractivity contribution is 6.29. The number of rotatable bonds is 8. The minimum atomic E-state index is -1.20. The number of carboxylic acid groups (broad SMARTS) is 1. The Balaban J connectivity index is 1.56. The molecule has 1 aliphatic heterocycles. The number of ether oxygens (including phenoxy) is 1. The van der Waals surface area contributed by atoms with Gasteiger partial charge in [0, 0.05) is 25.6 Å². The molecule has 0 radical (unpaired) electrons. The van der Waals surface area contributed by atoms with E-state index in [0.29, 0.717) is 29.1 Å². The topological polar surface area (TPSA) is 122 Å². The molecule has 1 saturated heterocycles. The van der Waals surface area contributed by atoms with E-state index < -0.39 is 11.9 Å². The minimum absolute atomic E-state index is 0.0714. The number of esters is 1. The largest absolute Gasteiger partial charge is 0.476 e. The average Bonchev–Trinajstić information content (AvgIpc) is 3.24. The Morgan fingerprint density at radius 1 is 1.16 bits per heavy atom. The lowest BCUT2D eigenvalue weighted by Crippen LogP contribution is -2.22. The van der Waals surface area contributed by atoms with Crippen molar-refractivity contribution in [3.05, 3.63) is 87.5 Å². The van der Waals surface area contributed by atoms with Gasteiger partial charge in [-0.1, -0.05) is 23.7 Å². The number of carbonyl (C=O) groups is 3. The summed E-state index contributed by atoms with van der Waals surface area (Å²) in [6, 6.07) is 13.8. The summed E-state index contributed by atoms with van der Waals surface area (Å²) in [7, 11) is 3.42. The molecule has 3 heterocycles. The van der Waals surface area contributed by atoms with Gasteiger partial charge >= 0.3 is 11.9 Å². The van der Waals surface area contributed by atoms with Gasteiger partial charge in [-0.3, -0.25) is 14.6 Å². The molecule has 10 heteroatoms. The Bertz CT molecular complexity index is 1380. The van der Waals surface area contributed by atoms with Gasteiger partial charge in [0.25, 0.3) is 5.91 Å². The quantitative estimate of drug-likeness (QED) is 0.318. The SMILES string of the molecule is Cc1cc([C@H]2C(=O)OCC2Cc2ccc(C(=O)N(C)C)cc2)nc([C@@H](C)Nc2ccc(Cl)nc2C(=O)O)c1. The summed E-state index contributed by atoms with van der Waals surface area (Å²) in [6.45, 7) is 4.05. The average molecular weight is 537 g/mol. The number of anilines is 1. The first-order valence-corrected chi connectivity index (χ1v) is 12.5. The van der Waals surface area contributed by atoms with Gasteiger partial charge in [-0.2, -0.15) is 0 Å². The minimum Gasteiger partial charge on any atom is -0.476 e. The van der Waals surface area contributed by atoms with Gasteiger partial charge in [0.2, 0.25) is 0 Å². The van der Waals surface area contributed by atoms with Crippen molar-refractivity contribution in [3.8, 4) is 0 Å². The molecule has 3 atom stereocenters. The van der Waals surface area contributed by atoms with Crippen LogP contribution in [-0.2, 0) is 16.0 Å². The van der Waals surface area contributed by atoms with Crippen LogP contribution in [0.4, 0.5) is 5.69 Å². The highest BCUT2D eigenvalue weighted by Crippen LogP contribution is 2.35. The van der Waals surface area contributed by atoms with Crippen molar-refractivity contribution in [1.82, 2.24) is 14.9 Å². The molecule has 2 aromatic heterocycles. The second-order valence-electron chi connectivity index (χ2n) is 9.66. The van der Waals surface area contributed by atoms with Gasteiger partial charge in [-0.25, -0.2) is 9.78 Å². The van der Waals surface area contributed by atoms with Crippen LogP contribution >= 0.6 is 11.6 Å². The monoisotopic (exact) mass is 536 g/mol. The number of nitrogens with zero attached hydrogens (tertiary/aromatic N) is 3. The normalized spacial score (nSPS) is 17.6. The van der Waals surface area contributed by atoms with Crippen LogP contribution in [0.25, 0.3) is 0 Å². The van der Waals surface area contributed by atoms with Crippen LogP contribution in [0.15, 0.2) is 48.5 Å². The van der Waals surface area contributed by atoms with E-state index in [2.05, 4.69) is 10.3 Å². The molecule has 0 bridgehead atoms. The van der Waals surface area contributed by atoms with E-state index in [-0.39, 0.29) is 41.3 Å². The first-order valence-electron chi connectivity index (χ1n) is 12.2. The molecule has 0 aliphatic carbocycles. The van der Waals surface area contributed by atoms with E-state index in [1.165, 1.54) is 11.0 Å². The fraction of sp³-hybridized carbons (Fsp3) is 0.321. The van der Waals surface area contributed by atoms with Crippen LogP contribution in [-0.4, -0.2) is 58.5 Å². The van der Waals surface area contributed by atoms with Gasteiger partial charge in [-0.05, 0) is 67.8 Å². The smallest absolute Gasteiger partial charge is 0.356 e. The molecule has 0 saturated carbocycles. The van der Waals surface area contributed by atoms with Gasteiger partial charge in [0.05, 0.1) is 29.7 Å². The molecule has 2 N–H and O–H groups in total. The number of cyclic esters (lactones) is 1. The first kappa shape index (κ1) is 27.1. The summed E-state index contributed by atoms with van der Waals surface area (Å²) in [4.78, 5) is 46.9. The number of carboxylic acids is 1. The maximum absolute atomic E-state index is 12.8. The molecule has 1 unspecified atom stereocenters. The molecule has 1 amide bonds.